The Morgan fingerprint density at radius 2 is 1.87 bits per heavy atom. The fourth-order valence-electron chi connectivity index (χ4n) is 4.98. The van der Waals surface area contributed by atoms with E-state index in [1.54, 1.807) is 4.31 Å². The fraction of sp³-hybridized carbons (Fsp3) is 0.591. The molecule has 2 aliphatic heterocycles. The molecule has 7 nitrogen and oxygen atoms in total. The van der Waals surface area contributed by atoms with Gasteiger partial charge in [0.2, 0.25) is 10.0 Å². The first kappa shape index (κ1) is 21.3. The van der Waals surface area contributed by atoms with Crippen molar-refractivity contribution >= 4 is 26.8 Å². The average Bonchev–Trinajstić information content (AvgIpc) is 3.37. The van der Waals surface area contributed by atoms with Crippen molar-refractivity contribution in [2.45, 2.75) is 44.9 Å². The minimum Gasteiger partial charge on any atom is -0.366 e. The third-order valence-corrected chi connectivity index (χ3v) is 8.55. The Morgan fingerprint density at radius 1 is 1.17 bits per heavy atom. The van der Waals surface area contributed by atoms with Crippen LogP contribution in [0.15, 0.2) is 18.3 Å². The number of aromatic amines is 1. The van der Waals surface area contributed by atoms with Gasteiger partial charge in [0, 0.05) is 24.7 Å². The van der Waals surface area contributed by atoms with Gasteiger partial charge in [0.1, 0.15) is 0 Å². The zero-order valence-corrected chi connectivity index (χ0v) is 18.5. The zero-order valence-electron chi connectivity index (χ0n) is 17.7. The molecule has 0 radical (unpaired) electrons. The van der Waals surface area contributed by atoms with E-state index in [1.807, 2.05) is 19.2 Å². The minimum absolute atomic E-state index is 0.239. The Balaban J connectivity index is 1.40. The number of carbonyl (C=O) groups excluding carboxylic acids is 1. The number of benzene rings is 1. The van der Waals surface area contributed by atoms with Gasteiger partial charge in [-0.3, -0.25) is 4.79 Å². The molecule has 0 unspecified atom stereocenters. The van der Waals surface area contributed by atoms with Crippen LogP contribution in [0.1, 0.15) is 59.5 Å². The van der Waals surface area contributed by atoms with Crippen molar-refractivity contribution in [3.8, 4) is 0 Å². The van der Waals surface area contributed by atoms with E-state index in [9.17, 15) is 13.2 Å². The van der Waals surface area contributed by atoms with Gasteiger partial charge in [0.05, 0.1) is 16.8 Å². The predicted molar refractivity (Wildman–Crippen MR) is 119 cm³/mol. The van der Waals surface area contributed by atoms with Gasteiger partial charge in [-0.25, -0.2) is 12.7 Å². The van der Waals surface area contributed by atoms with Crippen molar-refractivity contribution < 1.29 is 13.2 Å². The highest BCUT2D eigenvalue weighted by Crippen LogP contribution is 2.35. The highest BCUT2D eigenvalue weighted by molar-refractivity contribution is 7.89. The van der Waals surface area contributed by atoms with Crippen molar-refractivity contribution in [3.63, 3.8) is 0 Å². The van der Waals surface area contributed by atoms with Gasteiger partial charge in [-0.2, -0.15) is 0 Å². The van der Waals surface area contributed by atoms with Crippen LogP contribution in [-0.2, 0) is 10.0 Å². The fourth-order valence-corrected chi connectivity index (χ4v) is 6.50. The molecule has 0 aliphatic carbocycles. The monoisotopic (exact) mass is 432 g/mol. The Hall–Kier alpha value is -1.90. The first-order valence-corrected chi connectivity index (χ1v) is 12.6. The number of fused-ring (bicyclic) bond motifs is 1. The summed E-state index contributed by atoms with van der Waals surface area (Å²) >= 11 is 0. The number of hydrogen-bond donors (Lipinski definition) is 2. The summed E-state index contributed by atoms with van der Waals surface area (Å²) in [7, 11) is -3.20. The van der Waals surface area contributed by atoms with Crippen LogP contribution in [0.25, 0.3) is 10.9 Å². The maximum atomic E-state index is 12.8. The minimum atomic E-state index is -3.20. The molecule has 0 spiro atoms. The molecule has 1 amide bonds. The predicted octanol–water partition coefficient (Wildman–Crippen LogP) is 2.57. The number of sulfonamides is 1. The molecular formula is C22H32N4O3S. The van der Waals surface area contributed by atoms with Gasteiger partial charge < -0.3 is 15.6 Å². The summed E-state index contributed by atoms with van der Waals surface area (Å²) in [5.41, 5.74) is 8.98. The number of rotatable bonds is 7. The molecule has 2 aliphatic rings. The molecule has 4 rings (SSSR count). The standard InChI is InChI=1S/C22H32N4O3S/c1-16-13-18-20(15-24-21(18)19(14-16)22(23)27)17-5-10-26(11-6-17)30(28,29)12-4-9-25-7-2-3-8-25/h13-15,17,24H,2-12H2,1H3,(H2,23,27). The quantitative estimate of drug-likeness (QED) is 0.702. The maximum Gasteiger partial charge on any atom is 0.250 e. The number of aryl methyl sites for hydroxylation is 1. The third-order valence-electron chi connectivity index (χ3n) is 6.59. The number of nitrogens with one attached hydrogen (secondary N) is 1. The van der Waals surface area contributed by atoms with E-state index in [4.69, 9.17) is 5.73 Å². The maximum absolute atomic E-state index is 12.8. The molecule has 3 N–H and O–H groups in total. The Bertz CT molecular complexity index is 1020. The number of hydrogen-bond acceptors (Lipinski definition) is 4. The van der Waals surface area contributed by atoms with E-state index in [-0.39, 0.29) is 11.7 Å². The molecule has 8 heteroatoms. The van der Waals surface area contributed by atoms with Crippen LogP contribution in [0.5, 0.6) is 0 Å². The van der Waals surface area contributed by atoms with Crippen LogP contribution in [0.3, 0.4) is 0 Å². The largest absolute Gasteiger partial charge is 0.366 e. The van der Waals surface area contributed by atoms with Crippen molar-refractivity contribution in [1.82, 2.24) is 14.2 Å². The SMILES string of the molecule is Cc1cc(C(N)=O)c2[nH]cc(C3CCN(S(=O)(=O)CCCN4CCCC4)CC3)c2c1. The van der Waals surface area contributed by atoms with Crippen molar-refractivity contribution in [2.75, 3.05) is 38.5 Å². The number of nitrogens with two attached hydrogens (primary N) is 1. The van der Waals surface area contributed by atoms with Crippen molar-refractivity contribution in [2.24, 2.45) is 5.73 Å². The summed E-state index contributed by atoms with van der Waals surface area (Å²) < 4.78 is 27.2. The molecular weight excluding hydrogens is 400 g/mol. The van der Waals surface area contributed by atoms with Gasteiger partial charge in [-0.15, -0.1) is 0 Å². The molecule has 0 atom stereocenters. The summed E-state index contributed by atoms with van der Waals surface area (Å²) in [4.78, 5) is 17.4. The second-order valence-corrected chi connectivity index (χ2v) is 10.8. The Morgan fingerprint density at radius 3 is 2.53 bits per heavy atom. The lowest BCUT2D eigenvalue weighted by atomic mass is 9.89. The van der Waals surface area contributed by atoms with Crippen LogP contribution < -0.4 is 5.73 Å². The second kappa shape index (κ2) is 8.69. The first-order chi connectivity index (χ1) is 14.3. The zero-order chi connectivity index (χ0) is 21.3. The van der Waals surface area contributed by atoms with E-state index < -0.39 is 15.9 Å². The van der Waals surface area contributed by atoms with E-state index in [2.05, 4.69) is 16.0 Å². The molecule has 1 aromatic carbocycles. The summed E-state index contributed by atoms with van der Waals surface area (Å²) in [5.74, 6) is 0.0758. The molecule has 164 valence electrons. The normalized spacial score (nSPS) is 19.6. The average molecular weight is 433 g/mol. The van der Waals surface area contributed by atoms with Crippen LogP contribution >= 0.6 is 0 Å². The van der Waals surface area contributed by atoms with Crippen molar-refractivity contribution in [1.29, 1.82) is 0 Å². The number of primary amides is 1. The number of likely N-dealkylation sites (tertiary alicyclic amines) is 1. The molecule has 3 heterocycles. The van der Waals surface area contributed by atoms with Gasteiger partial charge in [-0.1, -0.05) is 0 Å². The number of H-pyrrole nitrogens is 1. The molecule has 0 bridgehead atoms. The van der Waals surface area contributed by atoms with Crippen LogP contribution in [-0.4, -0.2) is 67.0 Å². The highest BCUT2D eigenvalue weighted by atomic mass is 32.2. The molecule has 30 heavy (non-hydrogen) atoms. The first-order valence-electron chi connectivity index (χ1n) is 11.0. The summed E-state index contributed by atoms with van der Waals surface area (Å²) in [6, 6.07) is 3.89. The number of piperidine rings is 1. The third kappa shape index (κ3) is 4.40. The van der Waals surface area contributed by atoms with Crippen LogP contribution in [0, 0.1) is 6.92 Å². The number of nitrogens with zero attached hydrogens (tertiary/aromatic N) is 2. The topological polar surface area (TPSA) is 99.5 Å². The van der Waals surface area contributed by atoms with Crippen molar-refractivity contribution in [3.05, 3.63) is 35.0 Å². The lowest BCUT2D eigenvalue weighted by Crippen LogP contribution is -2.39. The van der Waals surface area contributed by atoms with E-state index in [0.29, 0.717) is 25.1 Å². The molecule has 1 aromatic heterocycles. The number of aromatic nitrogens is 1. The van der Waals surface area contributed by atoms with Gasteiger partial charge in [0.15, 0.2) is 0 Å². The summed E-state index contributed by atoms with van der Waals surface area (Å²) in [6.45, 7) is 6.16. The molecule has 2 saturated heterocycles. The lowest BCUT2D eigenvalue weighted by molar-refractivity contribution is 0.100. The van der Waals surface area contributed by atoms with E-state index >= 15 is 0 Å². The van der Waals surface area contributed by atoms with Gasteiger partial charge in [-0.05, 0) is 87.8 Å². The van der Waals surface area contributed by atoms with E-state index in [1.165, 1.54) is 12.8 Å². The molecule has 2 fully saturated rings. The lowest BCUT2D eigenvalue weighted by Gasteiger charge is -2.31. The number of amides is 1. The summed E-state index contributed by atoms with van der Waals surface area (Å²) in [5, 5.41) is 1.02. The van der Waals surface area contributed by atoms with E-state index in [0.717, 1.165) is 54.5 Å². The number of carbonyl (C=O) groups is 1. The molecule has 0 saturated carbocycles. The molecule has 2 aromatic rings. The Labute approximate surface area is 178 Å². The highest BCUT2D eigenvalue weighted by Gasteiger charge is 2.30. The van der Waals surface area contributed by atoms with Gasteiger partial charge >= 0.3 is 0 Å². The van der Waals surface area contributed by atoms with Crippen LogP contribution in [0.2, 0.25) is 0 Å². The smallest absolute Gasteiger partial charge is 0.250 e. The second-order valence-electron chi connectivity index (χ2n) is 8.73. The van der Waals surface area contributed by atoms with Gasteiger partial charge in [0.25, 0.3) is 5.91 Å². The van der Waals surface area contributed by atoms with Crippen LogP contribution in [0.4, 0.5) is 0 Å². The Kier molecular flexibility index (Phi) is 6.18. The summed E-state index contributed by atoms with van der Waals surface area (Å²) in [6.07, 6.45) is 6.71.